The molecule has 9 nitrogen and oxygen atoms in total. The van der Waals surface area contributed by atoms with Crippen molar-refractivity contribution in [3.63, 3.8) is 0 Å². The predicted octanol–water partition coefficient (Wildman–Crippen LogP) is -0.0735. The smallest absolute Gasteiger partial charge is 0.228 e. The van der Waals surface area contributed by atoms with Gasteiger partial charge in [0.1, 0.15) is 35.5 Å². The van der Waals surface area contributed by atoms with Crippen molar-refractivity contribution in [2.45, 2.75) is 43.1 Å². The van der Waals surface area contributed by atoms with Gasteiger partial charge >= 0.3 is 0 Å². The summed E-state index contributed by atoms with van der Waals surface area (Å²) in [6, 6.07) is 4.29. The molecule has 4 heterocycles. The maximum Gasteiger partial charge on any atom is 0.228 e. The first kappa shape index (κ1) is 20.9. The lowest BCUT2D eigenvalue weighted by Gasteiger charge is -2.28. The van der Waals surface area contributed by atoms with Crippen LogP contribution in [0.4, 0.5) is 5.95 Å². The number of anilines is 1. The van der Waals surface area contributed by atoms with E-state index in [1.807, 2.05) is 48.1 Å². The summed E-state index contributed by atoms with van der Waals surface area (Å²) in [4.78, 5) is 17.1. The predicted molar refractivity (Wildman–Crippen MR) is 132 cm³/mol. The molecule has 0 saturated heterocycles. The summed E-state index contributed by atoms with van der Waals surface area (Å²) in [6.07, 6.45) is 9.94. The number of H-pyrrole nitrogens is 1. The molecule has 0 atom stereocenters. The topological polar surface area (TPSA) is 102 Å². The fourth-order valence-electron chi connectivity index (χ4n) is 4.26. The first-order chi connectivity index (χ1) is 15.4. The van der Waals surface area contributed by atoms with Crippen molar-refractivity contribution in [3.05, 3.63) is 30.9 Å². The Labute approximate surface area is 188 Å². The number of fused-ring (bicyclic) bond motifs is 2. The number of ether oxygens (including phenoxy) is 2. The number of hydrogen-bond donors (Lipinski definition) is 2. The third kappa shape index (κ3) is 4.19. The van der Waals surface area contributed by atoms with Gasteiger partial charge in [0.05, 0.1) is 11.5 Å². The second-order valence-electron chi connectivity index (χ2n) is 9.33. The van der Waals surface area contributed by atoms with E-state index in [4.69, 9.17) is 19.4 Å². The summed E-state index contributed by atoms with van der Waals surface area (Å²) in [5, 5.41) is 8.22. The molecule has 4 aromatic heterocycles. The van der Waals surface area contributed by atoms with Crippen LogP contribution in [-0.2, 0) is 4.74 Å². The first-order valence-electron chi connectivity index (χ1n) is 11.1. The van der Waals surface area contributed by atoms with E-state index in [1.54, 1.807) is 18.0 Å². The van der Waals surface area contributed by atoms with Crippen LogP contribution in [0.1, 0.15) is 25.7 Å². The van der Waals surface area contributed by atoms with Gasteiger partial charge in [0.15, 0.2) is 5.65 Å². The lowest BCUT2D eigenvalue weighted by Crippen LogP contribution is -2.38. The van der Waals surface area contributed by atoms with E-state index in [0.29, 0.717) is 24.0 Å². The molecular weight excluding hydrogens is 403 g/mol. The van der Waals surface area contributed by atoms with E-state index in [0.717, 1.165) is 53.5 Å². The molecule has 0 bridgehead atoms. The molecule has 0 aromatic carbocycles. The molecule has 1 saturated carbocycles. The van der Waals surface area contributed by atoms with E-state index < -0.39 is 5.30 Å². The molecule has 12 heteroatoms. The second kappa shape index (κ2) is 8.16. The van der Waals surface area contributed by atoms with Crippen molar-refractivity contribution in [3.8, 4) is 17.0 Å². The number of aromatic nitrogens is 6. The van der Waals surface area contributed by atoms with Crippen LogP contribution in [0.2, 0.25) is 0 Å². The highest BCUT2D eigenvalue weighted by molar-refractivity contribution is 6.58. The monoisotopic (exact) mass is 429 g/mol. The van der Waals surface area contributed by atoms with Crippen molar-refractivity contribution in [1.29, 1.82) is 0 Å². The molecule has 0 unspecified atom stereocenters. The molecule has 0 spiro atoms. The molecule has 162 valence electrons. The average Bonchev–Trinajstić information content (AvgIpc) is 3.39. The number of hydrogen-bond acceptors (Lipinski definition) is 7. The molecule has 5 rings (SSSR count). The number of nitrogens with one attached hydrogen (secondary N) is 2. The third-order valence-electron chi connectivity index (χ3n) is 5.83. The average molecular weight is 429 g/mol. The highest BCUT2D eigenvalue weighted by atomic mass is 16.5. The minimum absolute atomic E-state index is 0.325. The Morgan fingerprint density at radius 2 is 1.97 bits per heavy atom. The van der Waals surface area contributed by atoms with Gasteiger partial charge in [-0.25, -0.2) is 9.50 Å². The second-order valence-corrected chi connectivity index (χ2v) is 9.33. The van der Waals surface area contributed by atoms with Crippen LogP contribution < -0.4 is 10.1 Å². The Kier molecular flexibility index (Phi) is 5.32. The van der Waals surface area contributed by atoms with Crippen molar-refractivity contribution >= 4 is 46.2 Å². The van der Waals surface area contributed by atoms with Gasteiger partial charge in [0.25, 0.3) is 0 Å². The highest BCUT2D eigenvalue weighted by Gasteiger charge is 2.24. The maximum atomic E-state index is 6.31. The standard InChI is InChI=1S/C20H26B3N7O2/c1-31-13-5-3-12(4-6-13)27-19-28-17-16(18(29-19)32-20(21,22)23)14(8-24-17)11-2-7-15-25-10-26-30(15)9-11/h2,7-10,12-13H,3-6,21-23H2,1H3,(H2,24,27,28,29)/t12-,13+. The van der Waals surface area contributed by atoms with E-state index in [1.165, 1.54) is 0 Å². The fourth-order valence-corrected chi connectivity index (χ4v) is 4.26. The van der Waals surface area contributed by atoms with Crippen LogP contribution in [0.25, 0.3) is 27.8 Å². The number of methoxy groups -OCH3 is 1. The highest BCUT2D eigenvalue weighted by Crippen LogP contribution is 2.35. The third-order valence-corrected chi connectivity index (χ3v) is 5.83. The lowest BCUT2D eigenvalue weighted by atomic mass is 9.52. The van der Waals surface area contributed by atoms with Crippen LogP contribution in [0.3, 0.4) is 0 Å². The summed E-state index contributed by atoms with van der Waals surface area (Å²) in [5.74, 6) is 1.14. The largest absolute Gasteiger partial charge is 0.498 e. The molecule has 4 aromatic rings. The fraction of sp³-hybridized carbons (Fsp3) is 0.400. The molecule has 0 aliphatic heterocycles. The maximum absolute atomic E-state index is 6.31. The molecular formula is C20H26B3N7O2. The van der Waals surface area contributed by atoms with Crippen molar-refractivity contribution < 1.29 is 9.47 Å². The van der Waals surface area contributed by atoms with Crippen molar-refractivity contribution in [2.24, 2.45) is 0 Å². The molecule has 0 radical (unpaired) electrons. The van der Waals surface area contributed by atoms with Crippen LogP contribution in [0.15, 0.2) is 30.9 Å². The van der Waals surface area contributed by atoms with Crippen molar-refractivity contribution in [2.75, 3.05) is 12.4 Å². The van der Waals surface area contributed by atoms with Crippen LogP contribution in [0, 0.1) is 0 Å². The number of pyridine rings is 1. The van der Waals surface area contributed by atoms with Crippen LogP contribution >= 0.6 is 0 Å². The normalized spacial score (nSPS) is 19.4. The Balaban J connectivity index is 1.53. The minimum atomic E-state index is -0.403. The zero-order valence-electron chi connectivity index (χ0n) is 18.9. The van der Waals surface area contributed by atoms with E-state index >= 15 is 0 Å². The summed E-state index contributed by atoms with van der Waals surface area (Å²) >= 11 is 0. The van der Waals surface area contributed by atoms with Gasteiger partial charge in [-0.15, -0.1) is 0 Å². The minimum Gasteiger partial charge on any atom is -0.498 e. The Morgan fingerprint density at radius 3 is 2.72 bits per heavy atom. The Bertz CT molecular complexity index is 1250. The van der Waals surface area contributed by atoms with Crippen molar-refractivity contribution in [1.82, 2.24) is 29.5 Å². The van der Waals surface area contributed by atoms with E-state index in [9.17, 15) is 0 Å². The van der Waals surface area contributed by atoms with Gasteiger partial charge in [-0.1, -0.05) is 0 Å². The Hall–Kier alpha value is -3.01. The Morgan fingerprint density at radius 1 is 1.16 bits per heavy atom. The van der Waals surface area contributed by atoms with Gasteiger partial charge in [-0.05, 0) is 37.8 Å². The molecule has 2 N–H and O–H groups in total. The zero-order valence-corrected chi connectivity index (χ0v) is 18.9. The molecule has 0 amide bonds. The number of aromatic amines is 1. The SMILES string of the molecule is BC(B)(B)Oc1nc(N[C@H]2CC[C@@H](OC)CC2)nc2[nH]cc(-c3ccc4ncnn4c3)c12. The van der Waals surface area contributed by atoms with E-state index in [2.05, 4.69) is 20.4 Å². The van der Waals surface area contributed by atoms with E-state index in [-0.39, 0.29) is 0 Å². The molecule has 1 aliphatic carbocycles. The van der Waals surface area contributed by atoms with Crippen LogP contribution in [0.5, 0.6) is 5.88 Å². The summed E-state index contributed by atoms with van der Waals surface area (Å²) in [6.45, 7) is 0. The quantitative estimate of drug-likeness (QED) is 0.414. The number of nitrogens with zero attached hydrogens (tertiary/aromatic N) is 5. The molecule has 1 fully saturated rings. The van der Waals surface area contributed by atoms with Crippen LogP contribution in [-0.4, -0.2) is 77.6 Å². The number of rotatable bonds is 6. The molecule has 1 aliphatic rings. The lowest BCUT2D eigenvalue weighted by molar-refractivity contribution is 0.0681. The summed E-state index contributed by atoms with van der Waals surface area (Å²) in [5.41, 5.74) is 3.48. The zero-order chi connectivity index (χ0) is 22.3. The van der Waals surface area contributed by atoms with Gasteiger partial charge in [0.2, 0.25) is 11.8 Å². The van der Waals surface area contributed by atoms with Gasteiger partial charge in [-0.2, -0.15) is 15.1 Å². The summed E-state index contributed by atoms with van der Waals surface area (Å²) < 4.78 is 13.6. The molecule has 32 heavy (non-hydrogen) atoms. The van der Waals surface area contributed by atoms with Gasteiger partial charge in [-0.3, -0.25) is 0 Å². The van der Waals surface area contributed by atoms with Gasteiger partial charge < -0.3 is 19.8 Å². The summed E-state index contributed by atoms with van der Waals surface area (Å²) in [7, 11) is 7.85. The first-order valence-corrected chi connectivity index (χ1v) is 11.1. The van der Waals surface area contributed by atoms with Gasteiger partial charge in [0, 0.05) is 42.0 Å².